The van der Waals surface area contributed by atoms with E-state index in [1.807, 2.05) is 30.3 Å². The molecule has 0 aliphatic rings. The number of ether oxygens (including phenoxy) is 2. The Labute approximate surface area is 183 Å². The molecule has 1 unspecified atom stereocenters. The van der Waals surface area contributed by atoms with Gasteiger partial charge in [0.2, 0.25) is 5.76 Å². The number of para-hydroxylation sites is 2. The van der Waals surface area contributed by atoms with Crippen LogP contribution in [-0.4, -0.2) is 18.0 Å². The zero-order valence-electron chi connectivity index (χ0n) is 17.1. The normalized spacial score (nSPS) is 11.5. The Morgan fingerprint density at radius 1 is 0.875 bits per heavy atom. The van der Waals surface area contributed by atoms with Gasteiger partial charge < -0.3 is 19.2 Å². The lowest BCUT2D eigenvalue weighted by Gasteiger charge is -2.13. The quantitative estimate of drug-likeness (QED) is 0.444. The van der Waals surface area contributed by atoms with Gasteiger partial charge in [-0.3, -0.25) is 9.59 Å². The summed E-state index contributed by atoms with van der Waals surface area (Å²) in [5, 5.41) is 3.02. The van der Waals surface area contributed by atoms with Crippen LogP contribution in [0.5, 0.6) is 11.5 Å². The van der Waals surface area contributed by atoms with E-state index in [0.29, 0.717) is 22.6 Å². The van der Waals surface area contributed by atoms with Crippen LogP contribution >= 0.6 is 0 Å². The first kappa shape index (κ1) is 20.9. The second-order valence-electron chi connectivity index (χ2n) is 6.95. The Bertz CT molecular complexity index is 1310. The maximum absolute atomic E-state index is 12.4. The van der Waals surface area contributed by atoms with E-state index in [1.165, 1.54) is 6.92 Å². The third kappa shape index (κ3) is 4.84. The summed E-state index contributed by atoms with van der Waals surface area (Å²) >= 11 is 0. The van der Waals surface area contributed by atoms with E-state index in [9.17, 15) is 14.4 Å². The molecule has 7 heteroatoms. The lowest BCUT2D eigenvalue weighted by molar-refractivity contribution is -0.123. The average molecular weight is 429 g/mol. The van der Waals surface area contributed by atoms with Crippen LogP contribution in [-0.2, 0) is 9.53 Å². The number of nitrogens with one attached hydrogen (secondary N) is 1. The Morgan fingerprint density at radius 2 is 1.53 bits per heavy atom. The van der Waals surface area contributed by atoms with Crippen molar-refractivity contribution in [3.63, 3.8) is 0 Å². The SMILES string of the molecule is CC(OC(=O)c1cc(=O)c2ccccc2o1)C(=O)Nc1ccc(Oc2ccccc2)cc1. The van der Waals surface area contributed by atoms with Crippen molar-refractivity contribution in [3.05, 3.63) is 101 Å². The predicted molar refractivity (Wildman–Crippen MR) is 119 cm³/mol. The van der Waals surface area contributed by atoms with Crippen LogP contribution in [0.2, 0.25) is 0 Å². The van der Waals surface area contributed by atoms with Crippen LogP contribution < -0.4 is 15.5 Å². The Kier molecular flexibility index (Phi) is 5.98. The topological polar surface area (TPSA) is 94.8 Å². The third-order valence-electron chi connectivity index (χ3n) is 4.59. The zero-order valence-corrected chi connectivity index (χ0v) is 17.1. The van der Waals surface area contributed by atoms with Crippen molar-refractivity contribution in [1.29, 1.82) is 0 Å². The predicted octanol–water partition coefficient (Wildman–Crippen LogP) is 4.77. The summed E-state index contributed by atoms with van der Waals surface area (Å²) < 4.78 is 16.3. The lowest BCUT2D eigenvalue weighted by Crippen LogP contribution is -2.30. The van der Waals surface area contributed by atoms with Crippen molar-refractivity contribution in [3.8, 4) is 11.5 Å². The summed E-state index contributed by atoms with van der Waals surface area (Å²) in [6.45, 7) is 1.43. The van der Waals surface area contributed by atoms with Gasteiger partial charge in [0.25, 0.3) is 5.91 Å². The zero-order chi connectivity index (χ0) is 22.5. The monoisotopic (exact) mass is 429 g/mol. The van der Waals surface area contributed by atoms with Crippen molar-refractivity contribution in [2.24, 2.45) is 0 Å². The first-order chi connectivity index (χ1) is 15.5. The summed E-state index contributed by atoms with van der Waals surface area (Å²) in [7, 11) is 0. The summed E-state index contributed by atoms with van der Waals surface area (Å²) in [5.41, 5.74) is 0.408. The maximum Gasteiger partial charge on any atom is 0.375 e. The van der Waals surface area contributed by atoms with Crippen LogP contribution in [0.4, 0.5) is 5.69 Å². The highest BCUT2D eigenvalue weighted by molar-refractivity contribution is 5.97. The molecule has 1 heterocycles. The van der Waals surface area contributed by atoms with Gasteiger partial charge in [-0.2, -0.15) is 0 Å². The summed E-state index contributed by atoms with van der Waals surface area (Å²) in [4.78, 5) is 36.9. The van der Waals surface area contributed by atoms with E-state index in [4.69, 9.17) is 13.9 Å². The average Bonchev–Trinajstić information content (AvgIpc) is 2.81. The summed E-state index contributed by atoms with van der Waals surface area (Å²) in [5.74, 6) is -0.388. The number of carbonyl (C=O) groups excluding carboxylic acids is 2. The molecule has 0 spiro atoms. The van der Waals surface area contributed by atoms with E-state index < -0.39 is 18.0 Å². The number of anilines is 1. The molecule has 0 bridgehead atoms. The first-order valence-corrected chi connectivity index (χ1v) is 9.87. The third-order valence-corrected chi connectivity index (χ3v) is 4.59. The second-order valence-corrected chi connectivity index (χ2v) is 6.95. The number of rotatable bonds is 6. The molecule has 0 fully saturated rings. The Morgan fingerprint density at radius 3 is 2.28 bits per heavy atom. The lowest BCUT2D eigenvalue weighted by atomic mass is 10.2. The molecule has 1 N–H and O–H groups in total. The van der Waals surface area contributed by atoms with Crippen LogP contribution in [0.25, 0.3) is 11.0 Å². The van der Waals surface area contributed by atoms with Crippen molar-refractivity contribution in [2.75, 3.05) is 5.32 Å². The second kappa shape index (κ2) is 9.18. The fourth-order valence-electron chi connectivity index (χ4n) is 2.95. The van der Waals surface area contributed by atoms with Crippen LogP contribution in [0.1, 0.15) is 17.5 Å². The molecule has 4 rings (SSSR count). The summed E-state index contributed by atoms with van der Waals surface area (Å²) in [6, 6.07) is 23.7. The van der Waals surface area contributed by atoms with E-state index in [-0.39, 0.29) is 16.8 Å². The molecule has 0 aliphatic heterocycles. The molecule has 1 atom stereocenters. The van der Waals surface area contributed by atoms with Crippen molar-refractivity contribution >= 4 is 28.5 Å². The molecule has 4 aromatic rings. The molecule has 7 nitrogen and oxygen atoms in total. The minimum Gasteiger partial charge on any atom is -0.457 e. The van der Waals surface area contributed by atoms with Crippen LogP contribution in [0.15, 0.2) is 94.1 Å². The number of hydrogen-bond donors (Lipinski definition) is 1. The van der Waals surface area contributed by atoms with Gasteiger partial charge in [0, 0.05) is 11.8 Å². The smallest absolute Gasteiger partial charge is 0.375 e. The molecule has 1 aromatic heterocycles. The van der Waals surface area contributed by atoms with E-state index >= 15 is 0 Å². The Hall–Kier alpha value is -4.39. The molecule has 0 saturated heterocycles. The van der Waals surface area contributed by atoms with E-state index in [1.54, 1.807) is 48.5 Å². The molecule has 0 aliphatic carbocycles. The highest BCUT2D eigenvalue weighted by Gasteiger charge is 2.21. The van der Waals surface area contributed by atoms with Gasteiger partial charge in [0.15, 0.2) is 11.5 Å². The number of amides is 1. The van der Waals surface area contributed by atoms with Crippen LogP contribution in [0.3, 0.4) is 0 Å². The summed E-state index contributed by atoms with van der Waals surface area (Å²) in [6.07, 6.45) is -1.11. The van der Waals surface area contributed by atoms with Gasteiger partial charge in [-0.25, -0.2) is 4.79 Å². The fourth-order valence-corrected chi connectivity index (χ4v) is 2.95. The molecule has 0 saturated carbocycles. The molecule has 32 heavy (non-hydrogen) atoms. The van der Waals surface area contributed by atoms with Gasteiger partial charge in [-0.15, -0.1) is 0 Å². The van der Waals surface area contributed by atoms with Gasteiger partial charge in [0.1, 0.15) is 17.1 Å². The van der Waals surface area contributed by atoms with Crippen molar-refractivity contribution in [1.82, 2.24) is 0 Å². The molecule has 3 aromatic carbocycles. The Balaban J connectivity index is 1.37. The molecule has 160 valence electrons. The molecular formula is C25H19NO6. The van der Waals surface area contributed by atoms with Crippen LogP contribution in [0, 0.1) is 0 Å². The van der Waals surface area contributed by atoms with Gasteiger partial charge >= 0.3 is 5.97 Å². The maximum atomic E-state index is 12.4. The van der Waals surface area contributed by atoms with Crippen molar-refractivity contribution < 1.29 is 23.5 Å². The number of hydrogen-bond acceptors (Lipinski definition) is 6. The molecular weight excluding hydrogens is 410 g/mol. The number of benzene rings is 3. The van der Waals surface area contributed by atoms with Gasteiger partial charge in [-0.1, -0.05) is 30.3 Å². The molecule has 0 radical (unpaired) electrons. The van der Waals surface area contributed by atoms with Gasteiger partial charge in [-0.05, 0) is 55.5 Å². The fraction of sp³-hybridized carbons (Fsp3) is 0.0800. The number of fused-ring (bicyclic) bond motifs is 1. The van der Waals surface area contributed by atoms with Gasteiger partial charge in [0.05, 0.1) is 5.39 Å². The van der Waals surface area contributed by atoms with Crippen molar-refractivity contribution in [2.45, 2.75) is 13.0 Å². The highest BCUT2D eigenvalue weighted by atomic mass is 16.6. The minimum absolute atomic E-state index is 0.266. The van der Waals surface area contributed by atoms with E-state index in [0.717, 1.165) is 6.07 Å². The minimum atomic E-state index is -1.11. The standard InChI is InChI=1S/C25H19NO6/c1-16(30-25(29)23-15-21(27)20-9-5-6-10-22(20)32-23)24(28)26-17-11-13-19(14-12-17)31-18-7-3-2-4-8-18/h2-16H,1H3,(H,26,28). The molecule has 1 amide bonds. The van der Waals surface area contributed by atoms with E-state index in [2.05, 4.69) is 5.32 Å². The first-order valence-electron chi connectivity index (χ1n) is 9.87. The largest absolute Gasteiger partial charge is 0.457 e. The number of carbonyl (C=O) groups is 2. The number of esters is 1. The highest BCUT2D eigenvalue weighted by Crippen LogP contribution is 2.23.